The molecule has 0 N–H and O–H groups in total. The third-order valence-electron chi connectivity index (χ3n) is 1.97. The van der Waals surface area contributed by atoms with Crippen molar-refractivity contribution in [2.75, 3.05) is 3.71 Å². The van der Waals surface area contributed by atoms with Crippen LogP contribution in [-0.2, 0) is 0 Å². The largest absolute Gasteiger partial charge is 0.249 e. The van der Waals surface area contributed by atoms with E-state index in [9.17, 15) is 0 Å². The first kappa shape index (κ1) is 11.3. The molecule has 0 fully saturated rings. The fourth-order valence-corrected chi connectivity index (χ4v) is 5.06. The van der Waals surface area contributed by atoms with Gasteiger partial charge in [-0.25, -0.2) is 3.71 Å². The second kappa shape index (κ2) is 4.49. The Bertz CT molecular complexity index is 575. The number of nitrogens with zero attached hydrogens (tertiary/aromatic N) is 3. The van der Waals surface area contributed by atoms with E-state index < -0.39 is 0 Å². The molecular weight excluding hydrogens is 394 g/mol. The highest BCUT2D eigenvalue weighted by atomic mass is 79.9. The summed E-state index contributed by atoms with van der Waals surface area (Å²) in [5, 5.41) is 8.24. The lowest BCUT2D eigenvalue weighted by atomic mass is 10.3. The lowest BCUT2D eigenvalue weighted by Crippen LogP contribution is -1.99. The van der Waals surface area contributed by atoms with Crippen molar-refractivity contribution in [2.24, 2.45) is 0 Å². The van der Waals surface area contributed by atoms with Crippen LogP contribution in [0, 0.1) is 0 Å². The van der Waals surface area contributed by atoms with Crippen molar-refractivity contribution in [3.63, 3.8) is 0 Å². The van der Waals surface area contributed by atoms with Crippen LogP contribution in [0.15, 0.2) is 25.8 Å². The summed E-state index contributed by atoms with van der Waals surface area (Å²) in [4.78, 5) is 0. The van der Waals surface area contributed by atoms with Gasteiger partial charge in [-0.3, -0.25) is 0 Å². The first-order valence-electron chi connectivity index (χ1n) is 4.16. The third kappa shape index (κ3) is 1.80. The van der Waals surface area contributed by atoms with Gasteiger partial charge in [0.1, 0.15) is 5.52 Å². The van der Waals surface area contributed by atoms with Crippen LogP contribution in [0.1, 0.15) is 0 Å². The molecule has 2 aromatic rings. The first-order valence-corrected chi connectivity index (χ1v) is 8.19. The van der Waals surface area contributed by atoms with Crippen LogP contribution >= 0.6 is 67.3 Å². The van der Waals surface area contributed by atoms with Gasteiger partial charge < -0.3 is 0 Å². The fourth-order valence-electron chi connectivity index (χ4n) is 1.29. The summed E-state index contributed by atoms with van der Waals surface area (Å²) in [5.41, 5.74) is 1.99. The van der Waals surface area contributed by atoms with E-state index in [2.05, 4.69) is 62.0 Å². The number of halogens is 2. The minimum atomic E-state index is 0.905. The Morgan fingerprint density at radius 2 is 1.94 bits per heavy atom. The zero-order valence-corrected chi connectivity index (χ0v) is 13.2. The van der Waals surface area contributed by atoms with E-state index in [0.29, 0.717) is 0 Å². The lowest BCUT2D eigenvalue weighted by Gasteiger charge is -2.16. The van der Waals surface area contributed by atoms with Gasteiger partial charge in [-0.1, -0.05) is 4.49 Å². The molecule has 1 aromatic carbocycles. The van der Waals surface area contributed by atoms with Crippen molar-refractivity contribution >= 4 is 83.2 Å². The van der Waals surface area contributed by atoms with Gasteiger partial charge in [0.15, 0.2) is 0 Å². The summed E-state index contributed by atoms with van der Waals surface area (Å²) in [5.74, 6) is 0. The van der Waals surface area contributed by atoms with Crippen LogP contribution in [0.2, 0.25) is 0 Å². The molecule has 0 bridgehead atoms. The van der Waals surface area contributed by atoms with Gasteiger partial charge in [-0.15, -0.1) is 5.10 Å². The number of anilines is 1. The number of fused-ring (bicyclic) bond motifs is 1. The van der Waals surface area contributed by atoms with Gasteiger partial charge in [-0.05, 0) is 73.4 Å². The van der Waals surface area contributed by atoms with E-state index in [1.807, 2.05) is 0 Å². The van der Waals surface area contributed by atoms with Crippen LogP contribution < -0.4 is 3.71 Å². The van der Waals surface area contributed by atoms with Gasteiger partial charge in [0.2, 0.25) is 0 Å². The topological polar surface area (TPSA) is 29.0 Å². The summed E-state index contributed by atoms with van der Waals surface area (Å²) in [7, 11) is 0. The first-order chi connectivity index (χ1) is 7.77. The van der Waals surface area contributed by atoms with Crippen molar-refractivity contribution in [1.29, 1.82) is 0 Å². The second-order valence-electron chi connectivity index (χ2n) is 2.88. The Balaban J connectivity index is 2.20. The number of hydrogen-bond donors (Lipinski definition) is 0. The summed E-state index contributed by atoms with van der Waals surface area (Å²) < 4.78 is 9.18. The maximum Gasteiger partial charge on any atom is 0.123 e. The SMILES string of the molecule is Brc1c(N2SC=CS2)cc(Br)c2snnc12. The van der Waals surface area contributed by atoms with Crippen LogP contribution in [0.5, 0.6) is 0 Å². The quantitative estimate of drug-likeness (QED) is 0.645. The molecule has 3 nitrogen and oxygen atoms in total. The van der Waals surface area contributed by atoms with Crippen LogP contribution in [-0.4, -0.2) is 9.59 Å². The molecule has 82 valence electrons. The molecule has 0 saturated heterocycles. The fraction of sp³-hybridized carbons (Fsp3) is 0. The predicted octanol–water partition coefficient (Wildman–Crippen LogP) is 4.80. The van der Waals surface area contributed by atoms with E-state index in [1.165, 1.54) is 11.5 Å². The van der Waals surface area contributed by atoms with Crippen LogP contribution in [0.4, 0.5) is 5.69 Å². The van der Waals surface area contributed by atoms with E-state index in [4.69, 9.17) is 0 Å². The molecule has 0 saturated carbocycles. The van der Waals surface area contributed by atoms with Gasteiger partial charge in [0.05, 0.1) is 14.9 Å². The molecule has 8 heteroatoms. The average molecular weight is 397 g/mol. The Labute approximate surface area is 121 Å². The van der Waals surface area contributed by atoms with Crippen molar-refractivity contribution in [3.05, 3.63) is 25.8 Å². The molecule has 1 aromatic heterocycles. The predicted molar refractivity (Wildman–Crippen MR) is 79.6 cm³/mol. The van der Waals surface area contributed by atoms with Gasteiger partial charge in [-0.2, -0.15) is 0 Å². The summed E-state index contributed by atoms with van der Waals surface area (Å²) in [6, 6.07) is 2.08. The molecule has 16 heavy (non-hydrogen) atoms. The van der Waals surface area contributed by atoms with Crippen molar-refractivity contribution < 1.29 is 0 Å². The van der Waals surface area contributed by atoms with E-state index >= 15 is 0 Å². The van der Waals surface area contributed by atoms with Gasteiger partial charge >= 0.3 is 0 Å². The maximum absolute atomic E-state index is 4.14. The van der Waals surface area contributed by atoms with Crippen molar-refractivity contribution in [1.82, 2.24) is 9.59 Å². The zero-order valence-electron chi connectivity index (χ0n) is 7.55. The average Bonchev–Trinajstić information content (AvgIpc) is 2.92. The Morgan fingerprint density at radius 1 is 1.19 bits per heavy atom. The standard InChI is InChI=1S/C8H3Br2N3S3/c9-4-3-5(13-14-1-2-15-13)6(10)7-8(4)16-12-11-7/h1-3H. The molecule has 0 spiro atoms. The Kier molecular flexibility index (Phi) is 3.18. The van der Waals surface area contributed by atoms with E-state index in [-0.39, 0.29) is 0 Å². The zero-order chi connectivity index (χ0) is 11.1. The molecular formula is C8H3Br2N3S3. The third-order valence-corrected chi connectivity index (χ3v) is 6.38. The normalized spacial score (nSPS) is 15.2. The molecule has 2 heterocycles. The minimum absolute atomic E-state index is 0.905. The number of hydrogen-bond acceptors (Lipinski definition) is 6. The second-order valence-corrected chi connectivity index (χ2v) is 7.21. The van der Waals surface area contributed by atoms with Gasteiger partial charge in [0, 0.05) is 15.3 Å². The molecule has 0 amide bonds. The summed E-state index contributed by atoms with van der Waals surface area (Å²) >= 11 is 11.8. The minimum Gasteiger partial charge on any atom is -0.249 e. The molecule has 1 aliphatic rings. The summed E-state index contributed by atoms with van der Waals surface area (Å²) in [6.07, 6.45) is 0. The molecule has 0 unspecified atom stereocenters. The van der Waals surface area contributed by atoms with Gasteiger partial charge in [0.25, 0.3) is 0 Å². The van der Waals surface area contributed by atoms with Crippen LogP contribution in [0.3, 0.4) is 0 Å². The van der Waals surface area contributed by atoms with Crippen molar-refractivity contribution in [2.45, 2.75) is 0 Å². The molecule has 0 aliphatic carbocycles. The maximum atomic E-state index is 4.14. The summed E-state index contributed by atoms with van der Waals surface area (Å²) in [6.45, 7) is 0. The van der Waals surface area contributed by atoms with E-state index in [1.54, 1.807) is 23.9 Å². The Hall–Kier alpha value is 0.240. The highest BCUT2D eigenvalue weighted by molar-refractivity contribution is 9.11. The van der Waals surface area contributed by atoms with E-state index in [0.717, 1.165) is 24.8 Å². The molecule has 0 atom stereocenters. The molecule has 1 aliphatic heterocycles. The molecule has 3 rings (SSSR count). The number of benzene rings is 1. The number of aromatic nitrogens is 2. The number of rotatable bonds is 1. The smallest absolute Gasteiger partial charge is 0.123 e. The monoisotopic (exact) mass is 395 g/mol. The lowest BCUT2D eigenvalue weighted by molar-refractivity contribution is 1.19. The highest BCUT2D eigenvalue weighted by Gasteiger charge is 2.19. The molecule has 0 radical (unpaired) electrons. The Morgan fingerprint density at radius 3 is 2.69 bits per heavy atom. The highest BCUT2D eigenvalue weighted by Crippen LogP contribution is 2.45. The van der Waals surface area contributed by atoms with Crippen LogP contribution in [0.25, 0.3) is 10.2 Å². The van der Waals surface area contributed by atoms with Crippen molar-refractivity contribution in [3.8, 4) is 0 Å².